The zero-order chi connectivity index (χ0) is 13.7. The number of hydrogen-bond acceptors (Lipinski definition) is 2. The fraction of sp³-hybridized carbons (Fsp3) is 0.625. The number of fused-ring (bicyclic) bond motifs is 1. The number of unbranched alkanes of at least 4 members (excludes halogenated alkanes) is 1. The highest BCUT2D eigenvalue weighted by Gasteiger charge is 2.20. The summed E-state index contributed by atoms with van der Waals surface area (Å²) >= 11 is 8.07. The molecule has 0 fully saturated rings. The number of thioether (sulfide) groups is 1. The van der Waals surface area contributed by atoms with Crippen LogP contribution in [0.15, 0.2) is 23.1 Å². The highest BCUT2D eigenvalue weighted by molar-refractivity contribution is 7.99. The van der Waals surface area contributed by atoms with E-state index >= 15 is 0 Å². The zero-order valence-corrected chi connectivity index (χ0v) is 13.5. The first-order valence-corrected chi connectivity index (χ1v) is 8.69. The Hall–Kier alpha value is -0.180. The molecule has 1 atom stereocenters. The van der Waals surface area contributed by atoms with E-state index in [-0.39, 0.29) is 0 Å². The highest BCUT2D eigenvalue weighted by atomic mass is 35.5. The van der Waals surface area contributed by atoms with E-state index in [1.54, 1.807) is 0 Å². The van der Waals surface area contributed by atoms with E-state index in [2.05, 4.69) is 31.3 Å². The van der Waals surface area contributed by atoms with Crippen LogP contribution in [0.3, 0.4) is 0 Å². The van der Waals surface area contributed by atoms with Crippen LogP contribution >= 0.6 is 23.4 Å². The second kappa shape index (κ2) is 7.56. The van der Waals surface area contributed by atoms with Crippen molar-refractivity contribution >= 4 is 23.4 Å². The molecule has 3 heteroatoms. The molecule has 0 bridgehead atoms. The highest BCUT2D eigenvalue weighted by Crippen LogP contribution is 2.37. The van der Waals surface area contributed by atoms with E-state index < -0.39 is 0 Å². The molecule has 1 aliphatic heterocycles. The molecule has 1 aromatic carbocycles. The van der Waals surface area contributed by atoms with Crippen molar-refractivity contribution in [2.75, 3.05) is 12.3 Å². The van der Waals surface area contributed by atoms with Crippen molar-refractivity contribution in [2.45, 2.75) is 50.5 Å². The van der Waals surface area contributed by atoms with Gasteiger partial charge in [-0.25, -0.2) is 0 Å². The Morgan fingerprint density at radius 3 is 3.00 bits per heavy atom. The first-order chi connectivity index (χ1) is 9.16. The average Bonchev–Trinajstić information content (AvgIpc) is 2.38. The van der Waals surface area contributed by atoms with Gasteiger partial charge in [0.1, 0.15) is 0 Å². The van der Waals surface area contributed by atoms with Crippen molar-refractivity contribution in [1.82, 2.24) is 5.32 Å². The molecule has 1 unspecified atom stereocenters. The smallest absolute Gasteiger partial charge is 0.0410 e. The molecule has 0 saturated heterocycles. The van der Waals surface area contributed by atoms with Crippen LogP contribution < -0.4 is 5.32 Å². The lowest BCUT2D eigenvalue weighted by Crippen LogP contribution is -2.25. The Bertz CT molecular complexity index is 406. The molecule has 1 N–H and O–H groups in total. The molecular weight excluding hydrogens is 274 g/mol. The first kappa shape index (κ1) is 15.2. The summed E-state index contributed by atoms with van der Waals surface area (Å²) in [5.41, 5.74) is 1.40. The number of halogens is 1. The van der Waals surface area contributed by atoms with Crippen LogP contribution in [0.25, 0.3) is 0 Å². The van der Waals surface area contributed by atoms with Gasteiger partial charge in [0.05, 0.1) is 0 Å². The van der Waals surface area contributed by atoms with Crippen molar-refractivity contribution in [2.24, 2.45) is 5.92 Å². The van der Waals surface area contributed by atoms with E-state index in [0.29, 0.717) is 6.04 Å². The predicted octanol–water partition coefficient (Wildman–Crippen LogP) is 5.29. The molecule has 0 radical (unpaired) electrons. The third-order valence-electron chi connectivity index (χ3n) is 3.61. The van der Waals surface area contributed by atoms with E-state index in [1.807, 2.05) is 17.8 Å². The lowest BCUT2D eigenvalue weighted by Gasteiger charge is -2.26. The predicted molar refractivity (Wildman–Crippen MR) is 86.2 cm³/mol. The van der Waals surface area contributed by atoms with Crippen molar-refractivity contribution in [3.8, 4) is 0 Å². The lowest BCUT2D eigenvalue weighted by molar-refractivity contribution is 0.472. The van der Waals surface area contributed by atoms with Crippen LogP contribution in [0.2, 0.25) is 5.02 Å². The van der Waals surface area contributed by atoms with E-state index in [4.69, 9.17) is 11.6 Å². The van der Waals surface area contributed by atoms with Crippen LogP contribution in [-0.4, -0.2) is 12.3 Å². The standard InChI is InChI=1S/C16H24ClNS/c1-12(2)5-3-4-9-18-15-8-10-19-16-7-6-13(17)11-14(15)16/h6-7,11-12,15,18H,3-5,8-10H2,1-2H3. The minimum absolute atomic E-state index is 0.494. The van der Waals surface area contributed by atoms with Crippen molar-refractivity contribution in [3.05, 3.63) is 28.8 Å². The Morgan fingerprint density at radius 2 is 2.21 bits per heavy atom. The average molecular weight is 298 g/mol. The molecule has 0 spiro atoms. The Balaban J connectivity index is 1.84. The maximum atomic E-state index is 6.12. The zero-order valence-electron chi connectivity index (χ0n) is 11.9. The van der Waals surface area contributed by atoms with Gasteiger partial charge in [-0.15, -0.1) is 11.8 Å². The van der Waals surface area contributed by atoms with Crippen molar-refractivity contribution in [3.63, 3.8) is 0 Å². The molecule has 19 heavy (non-hydrogen) atoms. The van der Waals surface area contributed by atoms with Crippen molar-refractivity contribution in [1.29, 1.82) is 0 Å². The molecule has 0 aliphatic carbocycles. The fourth-order valence-corrected chi connectivity index (χ4v) is 3.82. The summed E-state index contributed by atoms with van der Waals surface area (Å²) in [5.74, 6) is 2.03. The summed E-state index contributed by atoms with van der Waals surface area (Å²) in [7, 11) is 0. The second-order valence-electron chi connectivity index (χ2n) is 5.72. The molecule has 1 nitrogen and oxygen atoms in total. The summed E-state index contributed by atoms with van der Waals surface area (Å²) in [6.07, 6.45) is 5.15. The maximum Gasteiger partial charge on any atom is 0.0410 e. The number of hydrogen-bond donors (Lipinski definition) is 1. The van der Waals surface area contributed by atoms with Crippen LogP contribution in [0.5, 0.6) is 0 Å². The molecule has 0 amide bonds. The maximum absolute atomic E-state index is 6.12. The molecule has 0 aromatic heterocycles. The van der Waals surface area contributed by atoms with E-state index in [1.165, 1.54) is 41.9 Å². The van der Waals surface area contributed by atoms with Gasteiger partial charge in [-0.3, -0.25) is 0 Å². The normalized spacial score (nSPS) is 18.6. The van der Waals surface area contributed by atoms with Crippen molar-refractivity contribution < 1.29 is 0 Å². The topological polar surface area (TPSA) is 12.0 Å². The molecule has 106 valence electrons. The monoisotopic (exact) mass is 297 g/mol. The van der Waals surface area contributed by atoms with Crippen LogP contribution in [0, 0.1) is 5.92 Å². The largest absolute Gasteiger partial charge is 0.310 e. The quantitative estimate of drug-likeness (QED) is 0.716. The van der Waals surface area contributed by atoms with E-state index in [9.17, 15) is 0 Å². The minimum atomic E-state index is 0.494. The van der Waals surface area contributed by atoms with Crippen LogP contribution in [-0.2, 0) is 0 Å². The van der Waals surface area contributed by atoms with Gasteiger partial charge < -0.3 is 5.32 Å². The Labute approximate surface area is 126 Å². The van der Waals surface area contributed by atoms with Gasteiger partial charge in [0.15, 0.2) is 0 Å². The Morgan fingerprint density at radius 1 is 1.37 bits per heavy atom. The van der Waals surface area contributed by atoms with Gasteiger partial charge in [-0.05, 0) is 54.8 Å². The van der Waals surface area contributed by atoms with Gasteiger partial charge in [0.2, 0.25) is 0 Å². The molecule has 1 aromatic rings. The summed E-state index contributed by atoms with van der Waals surface area (Å²) in [6.45, 7) is 5.71. The third kappa shape index (κ3) is 4.70. The molecule has 2 rings (SSSR count). The second-order valence-corrected chi connectivity index (χ2v) is 7.29. The van der Waals surface area contributed by atoms with Gasteiger partial charge in [-0.1, -0.05) is 38.3 Å². The molecular formula is C16H24ClNS. The van der Waals surface area contributed by atoms with Gasteiger partial charge in [0.25, 0.3) is 0 Å². The van der Waals surface area contributed by atoms with E-state index in [0.717, 1.165) is 17.5 Å². The molecule has 1 aliphatic rings. The SMILES string of the molecule is CC(C)CCCCNC1CCSc2ccc(Cl)cc21. The summed E-state index contributed by atoms with van der Waals surface area (Å²) in [5, 5.41) is 4.56. The number of benzene rings is 1. The molecule has 0 saturated carbocycles. The fourth-order valence-electron chi connectivity index (χ4n) is 2.53. The van der Waals surface area contributed by atoms with Gasteiger partial charge in [0, 0.05) is 16.0 Å². The Kier molecular flexibility index (Phi) is 6.06. The van der Waals surface area contributed by atoms with Crippen LogP contribution in [0.1, 0.15) is 51.1 Å². The summed E-state index contributed by atoms with van der Waals surface area (Å²) < 4.78 is 0. The van der Waals surface area contributed by atoms with Gasteiger partial charge in [-0.2, -0.15) is 0 Å². The molecule has 1 heterocycles. The van der Waals surface area contributed by atoms with Crippen LogP contribution in [0.4, 0.5) is 0 Å². The summed E-state index contributed by atoms with van der Waals surface area (Å²) in [4.78, 5) is 1.40. The summed E-state index contributed by atoms with van der Waals surface area (Å²) in [6, 6.07) is 6.79. The minimum Gasteiger partial charge on any atom is -0.310 e. The third-order valence-corrected chi connectivity index (χ3v) is 4.97. The first-order valence-electron chi connectivity index (χ1n) is 7.32. The number of rotatable bonds is 6. The number of nitrogens with one attached hydrogen (secondary N) is 1. The lowest BCUT2D eigenvalue weighted by atomic mass is 10.0. The van der Waals surface area contributed by atoms with Gasteiger partial charge >= 0.3 is 0 Å².